The number of carboxylic acid groups (broad SMARTS) is 1. The molecule has 4 N–H and O–H groups in total. The Balaban J connectivity index is 1.39. The van der Waals surface area contributed by atoms with Gasteiger partial charge in [0.2, 0.25) is 5.91 Å². The van der Waals surface area contributed by atoms with Gasteiger partial charge in [0, 0.05) is 12.5 Å². The molecule has 0 fully saturated rings. The molecule has 0 aliphatic heterocycles. The molecular weight excluding hydrogens is 448 g/mol. The van der Waals surface area contributed by atoms with Crippen LogP contribution in [0.5, 0.6) is 0 Å². The summed E-state index contributed by atoms with van der Waals surface area (Å²) in [4.78, 5) is 36.1. The molecule has 8 nitrogen and oxygen atoms in total. The Labute approximate surface area is 202 Å². The number of aliphatic hydroxyl groups is 1. The van der Waals surface area contributed by atoms with Crippen LogP contribution in [0.1, 0.15) is 28.5 Å². The second-order valence-corrected chi connectivity index (χ2v) is 8.27. The Bertz CT molecular complexity index is 1170. The van der Waals surface area contributed by atoms with E-state index in [2.05, 4.69) is 22.8 Å². The lowest BCUT2D eigenvalue weighted by Crippen LogP contribution is -2.42. The zero-order valence-electron chi connectivity index (χ0n) is 18.9. The number of alkyl carbamates (subject to hydrolysis) is 1. The normalized spacial score (nSPS) is 13.7. The summed E-state index contributed by atoms with van der Waals surface area (Å²) in [5.41, 5.74) is 5.08. The highest BCUT2D eigenvalue weighted by Crippen LogP contribution is 2.44. The molecule has 2 atom stereocenters. The molecule has 0 bridgehead atoms. The summed E-state index contributed by atoms with van der Waals surface area (Å²) in [7, 11) is 0. The lowest BCUT2D eigenvalue weighted by atomic mass is 9.98. The SMILES string of the molecule is O=C(NCC(C(=O)NC[C@H](O)C(=O)O)c1ccccc1)OCC1c2ccccc2-c2ccccc21. The molecular formula is C27H26N2O6. The summed E-state index contributed by atoms with van der Waals surface area (Å²) >= 11 is 0. The minimum absolute atomic E-state index is 0.0598. The average Bonchev–Trinajstić information content (AvgIpc) is 3.20. The van der Waals surface area contributed by atoms with Crippen LogP contribution in [0.4, 0.5) is 4.79 Å². The number of carbonyl (C=O) groups excluding carboxylic acids is 2. The van der Waals surface area contributed by atoms with E-state index in [4.69, 9.17) is 9.84 Å². The van der Waals surface area contributed by atoms with Crippen molar-refractivity contribution in [3.8, 4) is 11.1 Å². The van der Waals surface area contributed by atoms with Crippen molar-refractivity contribution in [2.24, 2.45) is 0 Å². The van der Waals surface area contributed by atoms with Crippen LogP contribution in [0, 0.1) is 0 Å². The van der Waals surface area contributed by atoms with Crippen LogP contribution >= 0.6 is 0 Å². The van der Waals surface area contributed by atoms with E-state index in [1.54, 1.807) is 30.3 Å². The number of amides is 2. The van der Waals surface area contributed by atoms with Gasteiger partial charge in [0.25, 0.3) is 0 Å². The number of fused-ring (bicyclic) bond motifs is 3. The highest BCUT2D eigenvalue weighted by Gasteiger charge is 2.29. The van der Waals surface area contributed by atoms with Gasteiger partial charge in [-0.25, -0.2) is 9.59 Å². The number of carboxylic acids is 1. The molecule has 2 amide bonds. The minimum atomic E-state index is -1.72. The second-order valence-electron chi connectivity index (χ2n) is 8.27. The summed E-state index contributed by atoms with van der Waals surface area (Å²) in [6.45, 7) is -0.356. The van der Waals surface area contributed by atoms with Crippen molar-refractivity contribution < 1.29 is 29.3 Å². The van der Waals surface area contributed by atoms with Crippen LogP contribution in [0.25, 0.3) is 11.1 Å². The van der Waals surface area contributed by atoms with E-state index in [1.807, 2.05) is 36.4 Å². The molecule has 0 spiro atoms. The van der Waals surface area contributed by atoms with Gasteiger partial charge in [0.1, 0.15) is 6.61 Å². The summed E-state index contributed by atoms with van der Waals surface area (Å²) in [5, 5.41) is 23.3. The lowest BCUT2D eigenvalue weighted by molar-refractivity contribution is -0.146. The molecule has 1 unspecified atom stereocenters. The molecule has 1 aliphatic rings. The highest BCUT2D eigenvalue weighted by atomic mass is 16.5. The topological polar surface area (TPSA) is 125 Å². The number of hydrogen-bond donors (Lipinski definition) is 4. The van der Waals surface area contributed by atoms with Crippen LogP contribution in [-0.4, -0.2) is 54.0 Å². The van der Waals surface area contributed by atoms with E-state index < -0.39 is 36.5 Å². The third kappa shape index (κ3) is 5.50. The molecule has 8 heteroatoms. The van der Waals surface area contributed by atoms with E-state index in [-0.39, 0.29) is 19.1 Å². The lowest BCUT2D eigenvalue weighted by Gasteiger charge is -2.19. The predicted molar refractivity (Wildman–Crippen MR) is 129 cm³/mol. The highest BCUT2D eigenvalue weighted by molar-refractivity contribution is 5.85. The van der Waals surface area contributed by atoms with Crippen LogP contribution in [0.15, 0.2) is 78.9 Å². The zero-order valence-corrected chi connectivity index (χ0v) is 18.9. The summed E-state index contributed by atoms with van der Waals surface area (Å²) < 4.78 is 5.54. The van der Waals surface area contributed by atoms with Crippen molar-refractivity contribution >= 4 is 18.0 Å². The number of hydrogen-bond acceptors (Lipinski definition) is 5. The predicted octanol–water partition coefficient (Wildman–Crippen LogP) is 2.87. The van der Waals surface area contributed by atoms with E-state index >= 15 is 0 Å². The Morgan fingerprint density at radius 3 is 1.97 bits per heavy atom. The molecule has 0 heterocycles. The maximum absolute atomic E-state index is 12.7. The van der Waals surface area contributed by atoms with Gasteiger partial charge < -0.3 is 25.6 Å². The van der Waals surface area contributed by atoms with Crippen LogP contribution in [0.2, 0.25) is 0 Å². The first-order valence-corrected chi connectivity index (χ1v) is 11.3. The zero-order chi connectivity index (χ0) is 24.8. The van der Waals surface area contributed by atoms with E-state index in [1.165, 1.54) is 0 Å². The van der Waals surface area contributed by atoms with E-state index in [0.717, 1.165) is 22.3 Å². The Morgan fingerprint density at radius 1 is 0.800 bits per heavy atom. The van der Waals surface area contributed by atoms with Gasteiger partial charge in [-0.05, 0) is 27.8 Å². The number of benzene rings is 3. The first-order valence-electron chi connectivity index (χ1n) is 11.3. The van der Waals surface area contributed by atoms with Gasteiger partial charge in [0.15, 0.2) is 6.10 Å². The van der Waals surface area contributed by atoms with Crippen molar-refractivity contribution in [1.29, 1.82) is 0 Å². The van der Waals surface area contributed by atoms with Crippen molar-refractivity contribution in [3.63, 3.8) is 0 Å². The summed E-state index contributed by atoms with van der Waals surface area (Å²) in [6.07, 6.45) is -2.38. The number of carbonyl (C=O) groups is 3. The molecule has 0 radical (unpaired) electrons. The minimum Gasteiger partial charge on any atom is -0.479 e. The first kappa shape index (κ1) is 24.0. The van der Waals surface area contributed by atoms with Gasteiger partial charge in [-0.1, -0.05) is 78.9 Å². The number of rotatable bonds is 9. The number of aliphatic hydroxyl groups excluding tert-OH is 1. The first-order chi connectivity index (χ1) is 17.0. The monoisotopic (exact) mass is 474 g/mol. The fourth-order valence-corrected chi connectivity index (χ4v) is 4.29. The standard InChI is InChI=1S/C27H26N2O6/c30-24(26(32)33)15-28-25(31)22(17-8-2-1-3-9-17)14-29-27(34)35-16-23-20-12-6-4-10-18(20)19-11-5-7-13-21(19)23/h1-13,22-24,30H,14-16H2,(H,28,31)(H,29,34)(H,32,33)/t22?,24-/m0/s1. The van der Waals surface area contributed by atoms with Gasteiger partial charge in [0.05, 0.1) is 12.5 Å². The maximum Gasteiger partial charge on any atom is 0.407 e. The average molecular weight is 475 g/mol. The van der Waals surface area contributed by atoms with Crippen LogP contribution in [0.3, 0.4) is 0 Å². The number of ether oxygens (including phenoxy) is 1. The van der Waals surface area contributed by atoms with Gasteiger partial charge in [-0.2, -0.15) is 0 Å². The van der Waals surface area contributed by atoms with Crippen molar-refractivity contribution in [1.82, 2.24) is 10.6 Å². The summed E-state index contributed by atoms with van der Waals surface area (Å²) in [6, 6.07) is 24.8. The Kier molecular flexibility index (Phi) is 7.42. The van der Waals surface area contributed by atoms with Crippen molar-refractivity contribution in [2.75, 3.05) is 19.7 Å². The second kappa shape index (κ2) is 10.8. The Hall–Kier alpha value is -4.17. The van der Waals surface area contributed by atoms with E-state index in [0.29, 0.717) is 5.56 Å². The number of nitrogens with one attached hydrogen (secondary N) is 2. The quantitative estimate of drug-likeness (QED) is 0.378. The molecule has 0 aromatic heterocycles. The molecule has 3 aromatic rings. The van der Waals surface area contributed by atoms with Gasteiger partial charge in [-0.15, -0.1) is 0 Å². The third-order valence-electron chi connectivity index (χ3n) is 6.07. The molecule has 1 aliphatic carbocycles. The number of aliphatic carboxylic acids is 1. The van der Waals surface area contributed by atoms with Gasteiger partial charge in [-0.3, -0.25) is 4.79 Å². The third-order valence-corrected chi connectivity index (χ3v) is 6.07. The largest absolute Gasteiger partial charge is 0.479 e. The fourth-order valence-electron chi connectivity index (χ4n) is 4.29. The molecule has 0 saturated carbocycles. The molecule has 3 aromatic carbocycles. The molecule has 4 rings (SSSR count). The molecule has 35 heavy (non-hydrogen) atoms. The van der Waals surface area contributed by atoms with Gasteiger partial charge >= 0.3 is 12.1 Å². The molecule has 0 saturated heterocycles. The van der Waals surface area contributed by atoms with Crippen molar-refractivity contribution in [3.05, 3.63) is 95.6 Å². The fraction of sp³-hybridized carbons (Fsp3) is 0.222. The smallest absolute Gasteiger partial charge is 0.407 e. The van der Waals surface area contributed by atoms with E-state index in [9.17, 15) is 19.5 Å². The summed E-state index contributed by atoms with van der Waals surface area (Å²) in [5.74, 6) is -2.83. The van der Waals surface area contributed by atoms with Crippen LogP contribution < -0.4 is 10.6 Å². The van der Waals surface area contributed by atoms with Crippen LogP contribution in [-0.2, 0) is 14.3 Å². The Morgan fingerprint density at radius 2 is 1.37 bits per heavy atom. The van der Waals surface area contributed by atoms with Crippen molar-refractivity contribution in [2.45, 2.75) is 17.9 Å². The maximum atomic E-state index is 12.7. The molecule has 180 valence electrons.